The number of unbranched alkanes of at least 4 members (excludes halogenated alkanes) is 1. The summed E-state index contributed by atoms with van der Waals surface area (Å²) in [5.74, 6) is -4.03. The summed E-state index contributed by atoms with van der Waals surface area (Å²) in [5.41, 5.74) is 2.82. The second-order valence-corrected chi connectivity index (χ2v) is 11.8. The second-order valence-electron chi connectivity index (χ2n) is 11.8. The zero-order valence-electron chi connectivity index (χ0n) is 26.7. The lowest BCUT2D eigenvalue weighted by molar-refractivity contribution is -0.145. The quantitative estimate of drug-likeness (QED) is 0.0715. The smallest absolute Gasteiger partial charge is 0.480 e. The van der Waals surface area contributed by atoms with E-state index in [1.165, 1.54) is 19.1 Å². The SMILES string of the molecule is CC[C@@H](CCCCNC(=O)[C@@H](CNC(=O)c1ccc2c(c1)B(O)OC2)NC(=O)c1ccc2c(c1)B(O)OC2)C(=O)N[C@H](C(=O)O)[C@@H](C)O. The highest BCUT2D eigenvalue weighted by molar-refractivity contribution is 6.62. The van der Waals surface area contributed by atoms with Crippen molar-refractivity contribution in [2.45, 2.75) is 70.9 Å². The van der Waals surface area contributed by atoms with Crippen LogP contribution in [0.2, 0.25) is 0 Å². The molecule has 256 valence electrons. The van der Waals surface area contributed by atoms with Crippen molar-refractivity contribution in [3.05, 3.63) is 58.7 Å². The number of hydrogen-bond donors (Lipinski definition) is 8. The largest absolute Gasteiger partial charge is 0.491 e. The first-order chi connectivity index (χ1) is 22.9. The number of amides is 4. The van der Waals surface area contributed by atoms with Crippen molar-refractivity contribution in [2.24, 2.45) is 5.92 Å². The van der Waals surface area contributed by atoms with Crippen LogP contribution < -0.4 is 32.2 Å². The highest BCUT2D eigenvalue weighted by Gasteiger charge is 2.31. The monoisotopic (exact) mass is 666 g/mol. The molecule has 0 fully saturated rings. The molecular formula is C31H40B2N4O11. The highest BCUT2D eigenvalue weighted by Crippen LogP contribution is 2.15. The van der Waals surface area contributed by atoms with Gasteiger partial charge in [0, 0.05) is 30.1 Å². The van der Waals surface area contributed by atoms with E-state index in [9.17, 15) is 44.2 Å². The van der Waals surface area contributed by atoms with E-state index >= 15 is 0 Å². The van der Waals surface area contributed by atoms with E-state index < -0.39 is 67.9 Å². The molecule has 0 unspecified atom stereocenters. The molecule has 0 radical (unpaired) electrons. The van der Waals surface area contributed by atoms with Crippen molar-refractivity contribution in [1.82, 2.24) is 21.3 Å². The van der Waals surface area contributed by atoms with Crippen LogP contribution in [0.25, 0.3) is 0 Å². The van der Waals surface area contributed by atoms with Crippen LogP contribution in [0.4, 0.5) is 0 Å². The van der Waals surface area contributed by atoms with E-state index in [1.54, 1.807) is 31.2 Å². The standard InChI is InChI=1S/C31H40B2N4O11/c1-3-18(28(40)37-26(17(2)38)31(43)44)6-4-5-11-34-30(42)25(36-29(41)20-8-10-22-16-48-33(46)24(22)13-20)14-35-27(39)19-7-9-21-15-47-32(45)23(21)12-19/h7-10,12-13,17-18,25-26,38,45-46H,3-6,11,14-16H2,1-2H3,(H,34,42)(H,35,39)(H,36,41)(H,37,40)(H,43,44)/t17-,18+,25-,26+/m1/s1. The minimum absolute atomic E-state index is 0.180. The van der Waals surface area contributed by atoms with Crippen molar-refractivity contribution >= 4 is 54.8 Å². The van der Waals surface area contributed by atoms with Gasteiger partial charge >= 0.3 is 20.2 Å². The van der Waals surface area contributed by atoms with Gasteiger partial charge < -0.3 is 50.8 Å². The first-order valence-electron chi connectivity index (χ1n) is 15.8. The maximum absolute atomic E-state index is 13.3. The molecule has 15 nitrogen and oxygen atoms in total. The lowest BCUT2D eigenvalue weighted by Gasteiger charge is -2.21. The van der Waals surface area contributed by atoms with Crippen molar-refractivity contribution in [2.75, 3.05) is 13.1 Å². The summed E-state index contributed by atoms with van der Waals surface area (Å²) >= 11 is 0. The number of carboxylic acids is 1. The Morgan fingerprint density at radius 1 is 0.833 bits per heavy atom. The molecule has 2 heterocycles. The Labute approximate surface area is 278 Å². The molecule has 2 aromatic carbocycles. The van der Waals surface area contributed by atoms with Crippen LogP contribution in [-0.4, -0.2) is 95.4 Å². The predicted octanol–water partition coefficient (Wildman–Crippen LogP) is -2.09. The number of carbonyl (C=O) groups is 5. The zero-order chi connectivity index (χ0) is 35.0. The van der Waals surface area contributed by atoms with Crippen LogP contribution in [0.15, 0.2) is 36.4 Å². The number of aliphatic hydroxyl groups excluding tert-OH is 1. The van der Waals surface area contributed by atoms with Crippen LogP contribution in [0.1, 0.15) is 71.4 Å². The fraction of sp³-hybridized carbons (Fsp3) is 0.452. The summed E-state index contributed by atoms with van der Waals surface area (Å²) in [7, 11) is -2.31. The first-order valence-corrected chi connectivity index (χ1v) is 15.8. The highest BCUT2D eigenvalue weighted by atomic mass is 16.5. The maximum Gasteiger partial charge on any atom is 0.491 e. The lowest BCUT2D eigenvalue weighted by Crippen LogP contribution is -2.53. The Hall–Kier alpha value is -4.28. The lowest BCUT2D eigenvalue weighted by atomic mass is 9.78. The number of rotatable bonds is 16. The van der Waals surface area contributed by atoms with Crippen molar-refractivity contribution in [1.29, 1.82) is 0 Å². The van der Waals surface area contributed by atoms with Crippen LogP contribution in [-0.2, 0) is 36.9 Å². The van der Waals surface area contributed by atoms with Gasteiger partial charge in [-0.05, 0) is 72.5 Å². The fourth-order valence-electron chi connectivity index (χ4n) is 5.49. The van der Waals surface area contributed by atoms with Gasteiger partial charge in [-0.25, -0.2) is 4.79 Å². The van der Waals surface area contributed by atoms with Crippen LogP contribution in [0.5, 0.6) is 0 Å². The average Bonchev–Trinajstić information content (AvgIpc) is 3.63. The Bertz CT molecular complexity index is 1530. The van der Waals surface area contributed by atoms with Crippen molar-refractivity contribution in [3.8, 4) is 0 Å². The van der Waals surface area contributed by atoms with Crippen LogP contribution >= 0.6 is 0 Å². The topological polar surface area (TPSA) is 233 Å². The van der Waals surface area contributed by atoms with Gasteiger partial charge in [-0.15, -0.1) is 0 Å². The Kier molecular flexibility index (Phi) is 12.7. The van der Waals surface area contributed by atoms with Gasteiger partial charge in [-0.3, -0.25) is 19.2 Å². The number of benzene rings is 2. The summed E-state index contributed by atoms with van der Waals surface area (Å²) < 4.78 is 10.4. The Morgan fingerprint density at radius 2 is 1.42 bits per heavy atom. The average molecular weight is 666 g/mol. The van der Waals surface area contributed by atoms with E-state index in [1.807, 2.05) is 0 Å². The van der Waals surface area contributed by atoms with Gasteiger partial charge in [0.1, 0.15) is 6.04 Å². The summed E-state index contributed by atoms with van der Waals surface area (Å²) in [6, 6.07) is 6.80. The van der Waals surface area contributed by atoms with E-state index in [0.29, 0.717) is 36.6 Å². The number of aliphatic carboxylic acids is 1. The molecule has 48 heavy (non-hydrogen) atoms. The molecule has 17 heteroatoms. The van der Waals surface area contributed by atoms with Gasteiger partial charge in [-0.2, -0.15) is 0 Å². The van der Waals surface area contributed by atoms with Gasteiger partial charge in [0.25, 0.3) is 11.8 Å². The summed E-state index contributed by atoms with van der Waals surface area (Å²) in [6.45, 7) is 3.42. The van der Waals surface area contributed by atoms with Gasteiger partial charge in [0.2, 0.25) is 11.8 Å². The van der Waals surface area contributed by atoms with Gasteiger partial charge in [0.05, 0.1) is 19.3 Å². The predicted molar refractivity (Wildman–Crippen MR) is 173 cm³/mol. The van der Waals surface area contributed by atoms with E-state index in [-0.39, 0.29) is 37.4 Å². The maximum atomic E-state index is 13.3. The number of carboxylic acid groups (broad SMARTS) is 1. The molecule has 0 spiro atoms. The van der Waals surface area contributed by atoms with Crippen LogP contribution in [0.3, 0.4) is 0 Å². The normalized spacial score (nSPS) is 15.9. The molecule has 2 aliphatic rings. The summed E-state index contributed by atoms with van der Waals surface area (Å²) in [6.07, 6.45) is 0.565. The molecule has 2 aromatic rings. The Balaban J connectivity index is 1.35. The number of carbonyl (C=O) groups excluding carboxylic acids is 4. The zero-order valence-corrected chi connectivity index (χ0v) is 26.7. The Morgan fingerprint density at radius 3 is 1.96 bits per heavy atom. The molecule has 2 aliphatic heterocycles. The third-order valence-corrected chi connectivity index (χ3v) is 8.42. The van der Waals surface area contributed by atoms with E-state index in [0.717, 1.165) is 11.1 Å². The molecule has 4 amide bonds. The molecular weight excluding hydrogens is 626 g/mol. The fourth-order valence-corrected chi connectivity index (χ4v) is 5.49. The van der Waals surface area contributed by atoms with Crippen LogP contribution in [0, 0.1) is 5.92 Å². The molecule has 0 bridgehead atoms. The third-order valence-electron chi connectivity index (χ3n) is 8.42. The minimum atomic E-state index is -1.42. The first kappa shape index (κ1) is 36.6. The molecule has 4 rings (SSSR count). The number of hydrogen-bond acceptors (Lipinski definition) is 10. The van der Waals surface area contributed by atoms with E-state index in [4.69, 9.17) is 9.31 Å². The van der Waals surface area contributed by atoms with Gasteiger partial charge in [0.15, 0.2) is 6.04 Å². The molecule has 0 aliphatic carbocycles. The number of nitrogens with one attached hydrogen (secondary N) is 4. The molecule has 0 aromatic heterocycles. The number of aliphatic hydroxyl groups is 1. The van der Waals surface area contributed by atoms with Crippen molar-refractivity contribution < 1.29 is 53.5 Å². The number of fused-ring (bicyclic) bond motifs is 2. The molecule has 4 atom stereocenters. The summed E-state index contributed by atoms with van der Waals surface area (Å²) in [5, 5.41) is 49.3. The summed E-state index contributed by atoms with van der Waals surface area (Å²) in [4.78, 5) is 63.4. The molecule has 0 saturated heterocycles. The molecule has 0 saturated carbocycles. The van der Waals surface area contributed by atoms with E-state index in [2.05, 4.69) is 21.3 Å². The van der Waals surface area contributed by atoms with Gasteiger partial charge in [-0.1, -0.05) is 25.5 Å². The molecule has 8 N–H and O–H groups in total. The third kappa shape index (κ3) is 9.20. The second kappa shape index (κ2) is 16.7. The van der Waals surface area contributed by atoms with Crippen molar-refractivity contribution in [3.63, 3.8) is 0 Å². The minimum Gasteiger partial charge on any atom is -0.480 e.